The Labute approximate surface area is 242 Å². The smallest absolute Gasteiger partial charge is 0.269 e. The molecular formula is C31H22FN2O7S-. The molecule has 1 N–H and O–H groups in total. The molecule has 0 bridgehead atoms. The minimum absolute atomic E-state index is 0.0544. The second-order valence-corrected chi connectivity index (χ2v) is 11.0. The van der Waals surface area contributed by atoms with E-state index in [1.54, 1.807) is 36.4 Å². The number of ether oxygens (including phenoxy) is 2. The number of benzene rings is 4. The third-order valence-electron chi connectivity index (χ3n) is 7.18. The van der Waals surface area contributed by atoms with Gasteiger partial charge in [-0.25, -0.2) is 9.37 Å². The van der Waals surface area contributed by atoms with E-state index in [9.17, 15) is 29.5 Å². The van der Waals surface area contributed by atoms with E-state index in [0.29, 0.717) is 44.3 Å². The van der Waals surface area contributed by atoms with Gasteiger partial charge in [-0.3, -0.25) is 10.1 Å². The summed E-state index contributed by atoms with van der Waals surface area (Å²) in [6, 6.07) is 20.0. The maximum Gasteiger partial charge on any atom is 0.269 e. The number of non-ortho nitro benzene ring substituents is 1. The normalized spacial score (nSPS) is 16.0. The standard InChI is InChI=1S/C31H23FN2O7S/c32-20-6-11-27-25(13-20)33-28(42-27)16-40-22-9-10-26-24(14-22)30(35)19(15-41-26)12-18-2-1-3-23(31(36)37)29(18)17-4-7-21(8-5-17)34(38)39/h1-11,13-14,19,30,35H,12,15-16H2,(H,36,37)/p-1/t19-,30-/m1/s1. The molecule has 0 unspecified atom stereocenters. The largest absolute Gasteiger partial charge is 0.545 e. The summed E-state index contributed by atoms with van der Waals surface area (Å²) < 4.78 is 26.2. The zero-order valence-corrected chi connectivity index (χ0v) is 22.7. The SMILES string of the molecule is O=C([O-])c1cccc(C[C@@H]2COc3ccc(OCc4nc5cc(F)ccc5s4)cc3[C@@H]2O)c1-c1ccc([N+](=O)[O-])cc1. The van der Waals surface area contributed by atoms with Crippen molar-refractivity contribution < 1.29 is 33.8 Å². The molecule has 0 fully saturated rings. The molecule has 1 aliphatic heterocycles. The number of aromatic nitrogens is 1. The van der Waals surface area contributed by atoms with E-state index in [1.807, 2.05) is 0 Å². The lowest BCUT2D eigenvalue weighted by Gasteiger charge is -2.31. The molecule has 0 saturated heterocycles. The van der Waals surface area contributed by atoms with Crippen LogP contribution in [0.5, 0.6) is 11.5 Å². The van der Waals surface area contributed by atoms with Crippen LogP contribution in [0.1, 0.15) is 32.6 Å². The fourth-order valence-corrected chi connectivity index (χ4v) is 6.02. The van der Waals surface area contributed by atoms with Crippen molar-refractivity contribution in [3.63, 3.8) is 0 Å². The Morgan fingerprint density at radius 2 is 1.93 bits per heavy atom. The molecule has 42 heavy (non-hydrogen) atoms. The van der Waals surface area contributed by atoms with E-state index in [4.69, 9.17) is 9.47 Å². The van der Waals surface area contributed by atoms with Crippen LogP contribution in [0, 0.1) is 21.8 Å². The predicted molar refractivity (Wildman–Crippen MR) is 151 cm³/mol. The summed E-state index contributed by atoms with van der Waals surface area (Å²) in [5, 5.41) is 35.1. The number of aromatic carboxylic acids is 1. The number of fused-ring (bicyclic) bond motifs is 2. The molecule has 1 aliphatic rings. The van der Waals surface area contributed by atoms with Crippen LogP contribution in [0.3, 0.4) is 0 Å². The lowest BCUT2D eigenvalue weighted by Crippen LogP contribution is -2.28. The van der Waals surface area contributed by atoms with Crippen molar-refractivity contribution in [3.05, 3.63) is 116 Å². The van der Waals surface area contributed by atoms with Crippen LogP contribution in [-0.4, -0.2) is 27.6 Å². The minimum Gasteiger partial charge on any atom is -0.545 e. The molecule has 1 aromatic heterocycles. The van der Waals surface area contributed by atoms with Crippen LogP contribution in [0.4, 0.5) is 10.1 Å². The number of rotatable bonds is 8. The van der Waals surface area contributed by atoms with Gasteiger partial charge in [0.05, 0.1) is 33.8 Å². The Morgan fingerprint density at radius 3 is 2.69 bits per heavy atom. The maximum atomic E-state index is 13.5. The molecule has 2 heterocycles. The Balaban J connectivity index is 1.24. The maximum absolute atomic E-state index is 13.5. The van der Waals surface area contributed by atoms with Gasteiger partial charge in [-0.1, -0.05) is 18.2 Å². The molecule has 0 aliphatic carbocycles. The summed E-state index contributed by atoms with van der Waals surface area (Å²) >= 11 is 1.40. The van der Waals surface area contributed by atoms with Crippen LogP contribution in [0.2, 0.25) is 0 Å². The molecule has 0 radical (unpaired) electrons. The molecule has 4 aromatic carbocycles. The number of hydrogen-bond acceptors (Lipinski definition) is 9. The van der Waals surface area contributed by atoms with Gasteiger partial charge >= 0.3 is 0 Å². The van der Waals surface area contributed by atoms with Crippen LogP contribution in [-0.2, 0) is 13.0 Å². The number of carboxylic acids is 1. The predicted octanol–water partition coefficient (Wildman–Crippen LogP) is 5.24. The van der Waals surface area contributed by atoms with E-state index < -0.39 is 22.9 Å². The van der Waals surface area contributed by atoms with Crippen LogP contribution < -0.4 is 14.6 Å². The Morgan fingerprint density at radius 1 is 1.12 bits per heavy atom. The highest BCUT2D eigenvalue weighted by Crippen LogP contribution is 2.41. The first-order valence-electron chi connectivity index (χ1n) is 13.0. The summed E-state index contributed by atoms with van der Waals surface area (Å²) in [5.41, 5.74) is 2.40. The van der Waals surface area contributed by atoms with Gasteiger partial charge in [0.25, 0.3) is 5.69 Å². The molecule has 6 rings (SSSR count). The Bertz CT molecular complexity index is 1820. The van der Waals surface area contributed by atoms with Crippen molar-refractivity contribution in [2.24, 2.45) is 5.92 Å². The number of halogens is 1. The monoisotopic (exact) mass is 585 g/mol. The number of aliphatic hydroxyl groups is 1. The molecule has 9 nitrogen and oxygen atoms in total. The second kappa shape index (κ2) is 11.2. The zero-order chi connectivity index (χ0) is 29.4. The van der Waals surface area contributed by atoms with Crippen molar-refractivity contribution in [3.8, 4) is 22.6 Å². The number of nitrogens with zero attached hydrogens (tertiary/aromatic N) is 2. The third-order valence-corrected chi connectivity index (χ3v) is 8.19. The molecule has 212 valence electrons. The minimum atomic E-state index is -1.38. The molecule has 0 spiro atoms. The topological polar surface area (TPSA) is 135 Å². The fourth-order valence-electron chi connectivity index (χ4n) is 5.16. The van der Waals surface area contributed by atoms with Gasteiger partial charge in [0, 0.05) is 35.2 Å². The average molecular weight is 586 g/mol. The van der Waals surface area contributed by atoms with Crippen LogP contribution in [0.25, 0.3) is 21.3 Å². The number of nitro groups is 1. The first-order chi connectivity index (χ1) is 20.3. The zero-order valence-electron chi connectivity index (χ0n) is 21.9. The number of carbonyl (C=O) groups excluding carboxylic acids is 1. The lowest BCUT2D eigenvalue weighted by molar-refractivity contribution is -0.384. The second-order valence-electron chi connectivity index (χ2n) is 9.86. The van der Waals surface area contributed by atoms with Crippen molar-refractivity contribution in [1.29, 1.82) is 0 Å². The number of carboxylic acid groups (broad SMARTS) is 1. The third kappa shape index (κ3) is 5.39. The van der Waals surface area contributed by atoms with Gasteiger partial charge in [0.15, 0.2) is 0 Å². The van der Waals surface area contributed by atoms with Gasteiger partial charge in [0.1, 0.15) is 28.9 Å². The van der Waals surface area contributed by atoms with Gasteiger partial charge in [0.2, 0.25) is 0 Å². The van der Waals surface area contributed by atoms with Gasteiger partial charge in [-0.15, -0.1) is 11.3 Å². The average Bonchev–Trinajstić information content (AvgIpc) is 3.39. The van der Waals surface area contributed by atoms with Crippen molar-refractivity contribution in [1.82, 2.24) is 4.98 Å². The van der Waals surface area contributed by atoms with Crippen molar-refractivity contribution >= 4 is 33.2 Å². The summed E-state index contributed by atoms with van der Waals surface area (Å²) in [4.78, 5) is 27.0. The first-order valence-corrected chi connectivity index (χ1v) is 13.8. The molecule has 5 aromatic rings. The van der Waals surface area contributed by atoms with E-state index in [2.05, 4.69) is 4.98 Å². The van der Waals surface area contributed by atoms with E-state index in [0.717, 1.165) is 4.70 Å². The summed E-state index contributed by atoms with van der Waals surface area (Å²) in [6.07, 6.45) is -0.680. The number of thiazole rings is 1. The van der Waals surface area contributed by atoms with Crippen LogP contribution in [0.15, 0.2) is 78.9 Å². The summed E-state index contributed by atoms with van der Waals surface area (Å²) in [7, 11) is 0. The number of carbonyl (C=O) groups is 1. The Kier molecular flexibility index (Phi) is 7.27. The molecule has 11 heteroatoms. The van der Waals surface area contributed by atoms with E-state index >= 15 is 0 Å². The summed E-state index contributed by atoms with van der Waals surface area (Å²) in [5.74, 6) is -1.16. The first kappa shape index (κ1) is 27.3. The van der Waals surface area contributed by atoms with E-state index in [1.165, 1.54) is 53.8 Å². The highest BCUT2D eigenvalue weighted by atomic mass is 32.1. The van der Waals surface area contributed by atoms with Gasteiger partial charge in [-0.05, 0) is 65.6 Å². The molecule has 0 amide bonds. The lowest BCUT2D eigenvalue weighted by atomic mass is 9.84. The van der Waals surface area contributed by atoms with Crippen LogP contribution >= 0.6 is 11.3 Å². The number of aliphatic hydroxyl groups excluding tert-OH is 1. The fraction of sp³-hybridized carbons (Fsp3) is 0.161. The number of hydrogen-bond donors (Lipinski definition) is 1. The van der Waals surface area contributed by atoms with Gasteiger partial charge < -0.3 is 24.5 Å². The van der Waals surface area contributed by atoms with Gasteiger partial charge in [-0.2, -0.15) is 0 Å². The Hall–Kier alpha value is -4.87. The number of nitro benzene ring substituents is 1. The molecule has 0 saturated carbocycles. The van der Waals surface area contributed by atoms with Crippen molar-refractivity contribution in [2.45, 2.75) is 19.1 Å². The molecular weight excluding hydrogens is 563 g/mol. The van der Waals surface area contributed by atoms with Crippen molar-refractivity contribution in [2.75, 3.05) is 6.61 Å². The highest BCUT2D eigenvalue weighted by molar-refractivity contribution is 7.18. The molecule has 2 atom stereocenters. The summed E-state index contributed by atoms with van der Waals surface area (Å²) in [6.45, 7) is 0.348. The quantitative estimate of drug-likeness (QED) is 0.193. The highest BCUT2D eigenvalue weighted by Gasteiger charge is 2.31. The van der Waals surface area contributed by atoms with E-state index in [-0.39, 0.29) is 36.7 Å².